The minimum atomic E-state index is -1.14. The van der Waals surface area contributed by atoms with Crippen molar-refractivity contribution in [2.75, 3.05) is 5.32 Å². The molecule has 1 heterocycles. The highest BCUT2D eigenvalue weighted by Gasteiger charge is 2.11. The lowest BCUT2D eigenvalue weighted by molar-refractivity contribution is 0.209. The number of anilines is 1. The fourth-order valence-electron chi connectivity index (χ4n) is 1.36. The van der Waals surface area contributed by atoms with E-state index in [-0.39, 0.29) is 0 Å². The van der Waals surface area contributed by atoms with E-state index in [1.54, 1.807) is 0 Å². The Balaban J connectivity index is 2.36. The zero-order chi connectivity index (χ0) is 11.5. The highest BCUT2D eigenvalue weighted by Crippen LogP contribution is 2.26. The van der Waals surface area contributed by atoms with Gasteiger partial charge in [-0.05, 0) is 6.92 Å². The maximum absolute atomic E-state index is 10.5. The zero-order valence-electron chi connectivity index (χ0n) is 8.60. The lowest BCUT2D eigenvalue weighted by Gasteiger charge is -2.00. The van der Waals surface area contributed by atoms with Gasteiger partial charge in [0.15, 0.2) is 0 Å². The van der Waals surface area contributed by atoms with Crippen molar-refractivity contribution >= 4 is 11.8 Å². The monoisotopic (exact) mass is 218 g/mol. The molecular formula is C11H10N2O3. The Morgan fingerprint density at radius 1 is 1.38 bits per heavy atom. The van der Waals surface area contributed by atoms with Gasteiger partial charge in [-0.25, -0.2) is 4.79 Å². The number of carboxylic acid groups (broad SMARTS) is 1. The van der Waals surface area contributed by atoms with Crippen LogP contribution in [-0.2, 0) is 0 Å². The third-order valence-corrected chi connectivity index (χ3v) is 2.14. The summed E-state index contributed by atoms with van der Waals surface area (Å²) in [5.41, 5.74) is 2.77. The molecule has 0 saturated carbocycles. The maximum atomic E-state index is 10.5. The molecule has 1 aromatic heterocycles. The first-order valence-corrected chi connectivity index (χ1v) is 4.68. The van der Waals surface area contributed by atoms with Gasteiger partial charge in [0.2, 0.25) is 0 Å². The summed E-state index contributed by atoms with van der Waals surface area (Å²) in [7, 11) is 0. The van der Waals surface area contributed by atoms with Crippen molar-refractivity contribution in [2.45, 2.75) is 6.92 Å². The second kappa shape index (κ2) is 4.06. The van der Waals surface area contributed by atoms with Crippen molar-refractivity contribution in [1.29, 1.82) is 0 Å². The molecule has 0 saturated heterocycles. The summed E-state index contributed by atoms with van der Waals surface area (Å²) in [6, 6.07) is 7.57. The molecule has 0 bridgehead atoms. The third-order valence-electron chi connectivity index (χ3n) is 2.14. The van der Waals surface area contributed by atoms with E-state index in [1.165, 1.54) is 6.26 Å². The number of amides is 1. The summed E-state index contributed by atoms with van der Waals surface area (Å²) in [6.07, 6.45) is 0.125. The van der Waals surface area contributed by atoms with E-state index in [1.807, 2.05) is 31.2 Å². The van der Waals surface area contributed by atoms with E-state index in [2.05, 4.69) is 10.5 Å². The topological polar surface area (TPSA) is 75.4 Å². The van der Waals surface area contributed by atoms with Crippen LogP contribution < -0.4 is 5.32 Å². The SMILES string of the molecule is Cc1ccc(-c2nocc2NC(=O)O)cc1. The molecule has 82 valence electrons. The van der Waals surface area contributed by atoms with Crippen LogP contribution in [0.15, 0.2) is 35.1 Å². The van der Waals surface area contributed by atoms with Crippen LogP contribution in [-0.4, -0.2) is 16.4 Å². The number of hydrogen-bond acceptors (Lipinski definition) is 3. The van der Waals surface area contributed by atoms with E-state index in [9.17, 15) is 4.79 Å². The molecule has 16 heavy (non-hydrogen) atoms. The minimum Gasteiger partial charge on any atom is -0.465 e. The summed E-state index contributed by atoms with van der Waals surface area (Å²) in [4.78, 5) is 10.5. The van der Waals surface area contributed by atoms with Crippen LogP contribution in [0.3, 0.4) is 0 Å². The van der Waals surface area contributed by atoms with Crippen LogP contribution in [0.5, 0.6) is 0 Å². The van der Waals surface area contributed by atoms with Gasteiger partial charge < -0.3 is 9.63 Å². The van der Waals surface area contributed by atoms with E-state index in [4.69, 9.17) is 9.63 Å². The molecule has 1 aromatic carbocycles. The van der Waals surface area contributed by atoms with E-state index in [0.717, 1.165) is 11.1 Å². The van der Waals surface area contributed by atoms with Crippen molar-refractivity contribution in [2.24, 2.45) is 0 Å². The number of nitrogens with one attached hydrogen (secondary N) is 1. The van der Waals surface area contributed by atoms with Crippen molar-refractivity contribution in [1.82, 2.24) is 5.16 Å². The lowest BCUT2D eigenvalue weighted by Crippen LogP contribution is -2.07. The normalized spacial score (nSPS) is 10.1. The van der Waals surface area contributed by atoms with Crippen molar-refractivity contribution in [3.8, 4) is 11.3 Å². The van der Waals surface area contributed by atoms with Gasteiger partial charge in [-0.1, -0.05) is 35.0 Å². The first-order chi connectivity index (χ1) is 7.66. The Labute approximate surface area is 91.7 Å². The van der Waals surface area contributed by atoms with Gasteiger partial charge in [0.05, 0.1) is 0 Å². The third kappa shape index (κ3) is 2.03. The van der Waals surface area contributed by atoms with Gasteiger partial charge in [-0.3, -0.25) is 5.32 Å². The molecule has 0 atom stereocenters. The molecule has 5 nitrogen and oxygen atoms in total. The van der Waals surface area contributed by atoms with Gasteiger partial charge in [0.1, 0.15) is 17.6 Å². The molecular weight excluding hydrogens is 208 g/mol. The average molecular weight is 218 g/mol. The summed E-state index contributed by atoms with van der Waals surface area (Å²) < 4.78 is 4.76. The number of hydrogen-bond donors (Lipinski definition) is 2. The molecule has 0 unspecified atom stereocenters. The average Bonchev–Trinajstić information content (AvgIpc) is 2.66. The number of nitrogens with zero attached hydrogens (tertiary/aromatic N) is 1. The van der Waals surface area contributed by atoms with Gasteiger partial charge in [-0.2, -0.15) is 0 Å². The Bertz CT molecular complexity index is 502. The fourth-order valence-corrected chi connectivity index (χ4v) is 1.36. The quantitative estimate of drug-likeness (QED) is 0.812. The number of carbonyl (C=O) groups is 1. The Kier molecular flexibility index (Phi) is 2.59. The minimum absolute atomic E-state index is 0.344. The summed E-state index contributed by atoms with van der Waals surface area (Å²) in [5.74, 6) is 0. The Morgan fingerprint density at radius 3 is 2.69 bits per heavy atom. The highest BCUT2D eigenvalue weighted by molar-refractivity contribution is 5.88. The fraction of sp³-hybridized carbons (Fsp3) is 0.0909. The molecule has 0 spiro atoms. The molecule has 2 rings (SSSR count). The maximum Gasteiger partial charge on any atom is 0.409 e. The van der Waals surface area contributed by atoms with Crippen LogP contribution >= 0.6 is 0 Å². The summed E-state index contributed by atoms with van der Waals surface area (Å²) >= 11 is 0. The molecule has 2 aromatic rings. The summed E-state index contributed by atoms with van der Waals surface area (Å²) in [5, 5.41) is 14.6. The van der Waals surface area contributed by atoms with Gasteiger partial charge >= 0.3 is 6.09 Å². The molecule has 0 aliphatic rings. The van der Waals surface area contributed by atoms with Gasteiger partial charge in [0, 0.05) is 5.56 Å². The molecule has 0 radical (unpaired) electrons. The highest BCUT2D eigenvalue weighted by atomic mass is 16.5. The predicted molar refractivity (Wildman–Crippen MR) is 58.3 cm³/mol. The van der Waals surface area contributed by atoms with E-state index >= 15 is 0 Å². The second-order valence-corrected chi connectivity index (χ2v) is 3.37. The molecule has 5 heteroatoms. The van der Waals surface area contributed by atoms with E-state index < -0.39 is 6.09 Å². The lowest BCUT2D eigenvalue weighted by atomic mass is 10.1. The Hall–Kier alpha value is -2.30. The van der Waals surface area contributed by atoms with Gasteiger partial charge in [0.25, 0.3) is 0 Å². The predicted octanol–water partition coefficient (Wildman–Crippen LogP) is 2.74. The smallest absolute Gasteiger partial charge is 0.409 e. The summed E-state index contributed by atoms with van der Waals surface area (Å²) in [6.45, 7) is 1.98. The number of rotatable bonds is 2. The molecule has 0 aliphatic carbocycles. The van der Waals surface area contributed by atoms with Crippen LogP contribution in [0.2, 0.25) is 0 Å². The van der Waals surface area contributed by atoms with Crippen molar-refractivity contribution < 1.29 is 14.4 Å². The standard InChI is InChI=1S/C11H10N2O3/c1-7-2-4-8(5-3-7)10-9(6-16-13-10)12-11(14)15/h2-6,12H,1H3,(H,14,15). The number of benzene rings is 1. The molecule has 2 N–H and O–H groups in total. The zero-order valence-corrected chi connectivity index (χ0v) is 8.60. The van der Waals surface area contributed by atoms with Crippen LogP contribution in [0, 0.1) is 6.92 Å². The molecule has 1 amide bonds. The van der Waals surface area contributed by atoms with E-state index in [0.29, 0.717) is 11.4 Å². The van der Waals surface area contributed by atoms with Crippen LogP contribution in [0.4, 0.5) is 10.5 Å². The van der Waals surface area contributed by atoms with Crippen LogP contribution in [0.25, 0.3) is 11.3 Å². The molecule has 0 aliphatic heterocycles. The first-order valence-electron chi connectivity index (χ1n) is 4.68. The second-order valence-electron chi connectivity index (χ2n) is 3.37. The van der Waals surface area contributed by atoms with Gasteiger partial charge in [-0.15, -0.1) is 0 Å². The van der Waals surface area contributed by atoms with Crippen molar-refractivity contribution in [3.63, 3.8) is 0 Å². The largest absolute Gasteiger partial charge is 0.465 e. The first kappa shape index (κ1) is 10.2. The Morgan fingerprint density at radius 2 is 2.06 bits per heavy atom. The number of aryl methyl sites for hydroxylation is 1. The molecule has 0 fully saturated rings. The number of aromatic nitrogens is 1. The van der Waals surface area contributed by atoms with Crippen molar-refractivity contribution in [3.05, 3.63) is 36.1 Å². The van der Waals surface area contributed by atoms with Crippen LogP contribution in [0.1, 0.15) is 5.56 Å².